The Hall–Kier alpha value is -3.43. The van der Waals surface area contributed by atoms with E-state index in [9.17, 15) is 18.0 Å². The molecule has 0 saturated heterocycles. The molecule has 146 valence electrons. The number of benzene rings is 1. The second-order valence-corrected chi connectivity index (χ2v) is 5.91. The van der Waals surface area contributed by atoms with Gasteiger partial charge >= 0.3 is 6.36 Å². The van der Waals surface area contributed by atoms with Crippen LogP contribution in [0.15, 0.2) is 48.9 Å². The Balaban J connectivity index is 1.76. The highest BCUT2D eigenvalue weighted by Gasteiger charge is 2.31. The Morgan fingerprint density at radius 1 is 1.18 bits per heavy atom. The maximum Gasteiger partial charge on any atom is 0.573 e. The third-order valence-corrected chi connectivity index (χ3v) is 3.92. The van der Waals surface area contributed by atoms with E-state index in [0.717, 1.165) is 0 Å². The SMILES string of the molecule is CC(NC(=O)c1c(-c2ncccn2)cnn1C)c1ccc(OC(F)(F)F)cc1. The Morgan fingerprint density at radius 3 is 2.43 bits per heavy atom. The fourth-order valence-corrected chi connectivity index (χ4v) is 2.62. The number of hydrogen-bond donors (Lipinski definition) is 1. The van der Waals surface area contributed by atoms with Crippen molar-refractivity contribution in [2.75, 3.05) is 0 Å². The first-order valence-electron chi connectivity index (χ1n) is 8.20. The highest BCUT2D eigenvalue weighted by Crippen LogP contribution is 2.25. The summed E-state index contributed by atoms with van der Waals surface area (Å²) in [6.45, 7) is 1.71. The molecule has 0 radical (unpaired) electrons. The van der Waals surface area contributed by atoms with E-state index in [1.807, 2.05) is 0 Å². The van der Waals surface area contributed by atoms with Crippen LogP contribution in [0.2, 0.25) is 0 Å². The molecule has 0 aliphatic heterocycles. The van der Waals surface area contributed by atoms with Gasteiger partial charge in [0.1, 0.15) is 11.4 Å². The minimum atomic E-state index is -4.75. The molecule has 28 heavy (non-hydrogen) atoms. The zero-order valence-corrected chi connectivity index (χ0v) is 14.9. The van der Waals surface area contributed by atoms with Gasteiger partial charge in [-0.25, -0.2) is 9.97 Å². The molecule has 10 heteroatoms. The molecule has 3 rings (SSSR count). The Kier molecular flexibility index (Phi) is 5.30. The molecule has 0 spiro atoms. The summed E-state index contributed by atoms with van der Waals surface area (Å²) in [7, 11) is 1.62. The van der Waals surface area contributed by atoms with E-state index in [1.165, 1.54) is 35.1 Å². The number of nitrogens with zero attached hydrogens (tertiary/aromatic N) is 4. The van der Waals surface area contributed by atoms with E-state index < -0.39 is 18.3 Å². The van der Waals surface area contributed by atoms with Crippen molar-refractivity contribution >= 4 is 5.91 Å². The molecule has 2 aromatic heterocycles. The summed E-state index contributed by atoms with van der Waals surface area (Å²) in [6.07, 6.45) is -0.136. The molecule has 0 bridgehead atoms. The molecule has 1 unspecified atom stereocenters. The number of nitrogens with one attached hydrogen (secondary N) is 1. The van der Waals surface area contributed by atoms with Gasteiger partial charge in [0.2, 0.25) is 0 Å². The van der Waals surface area contributed by atoms with Crippen molar-refractivity contribution in [2.24, 2.45) is 7.05 Å². The molecule has 0 aliphatic carbocycles. The Bertz CT molecular complexity index is 956. The van der Waals surface area contributed by atoms with Crippen LogP contribution in [0.25, 0.3) is 11.4 Å². The largest absolute Gasteiger partial charge is 0.573 e. The van der Waals surface area contributed by atoms with Gasteiger partial charge in [0.05, 0.1) is 17.8 Å². The van der Waals surface area contributed by atoms with E-state index in [-0.39, 0.29) is 11.4 Å². The molecule has 1 amide bonds. The molecule has 2 heterocycles. The van der Waals surface area contributed by atoms with E-state index in [0.29, 0.717) is 17.0 Å². The summed E-state index contributed by atoms with van der Waals surface area (Å²) in [6, 6.07) is 6.49. The fourth-order valence-electron chi connectivity index (χ4n) is 2.62. The van der Waals surface area contributed by atoms with Crippen LogP contribution in [-0.4, -0.2) is 32.0 Å². The number of ether oxygens (including phenoxy) is 1. The van der Waals surface area contributed by atoms with Crippen molar-refractivity contribution in [3.63, 3.8) is 0 Å². The lowest BCUT2D eigenvalue weighted by Crippen LogP contribution is -2.29. The minimum absolute atomic E-state index is 0.273. The number of amides is 1. The number of rotatable bonds is 5. The first kappa shape index (κ1) is 19.3. The first-order chi connectivity index (χ1) is 13.2. The van der Waals surface area contributed by atoms with Gasteiger partial charge in [0, 0.05) is 19.4 Å². The molecule has 1 N–H and O–H groups in total. The van der Waals surface area contributed by atoms with E-state index in [4.69, 9.17) is 0 Å². The van der Waals surface area contributed by atoms with Crippen molar-refractivity contribution in [1.29, 1.82) is 0 Å². The van der Waals surface area contributed by atoms with Gasteiger partial charge in [-0.15, -0.1) is 13.2 Å². The second kappa shape index (κ2) is 7.67. The van der Waals surface area contributed by atoms with Crippen LogP contribution in [0.3, 0.4) is 0 Å². The molecule has 0 fully saturated rings. The molecule has 0 saturated carbocycles. The molecular formula is C18H16F3N5O2. The zero-order valence-electron chi connectivity index (χ0n) is 14.9. The highest BCUT2D eigenvalue weighted by molar-refractivity contribution is 5.98. The standard InChI is InChI=1S/C18H16F3N5O2/c1-11(12-4-6-13(7-5-12)28-18(19,20)21)25-17(27)15-14(10-24-26(15)2)16-22-8-3-9-23-16/h3-11H,1-2H3,(H,25,27). The number of carbonyl (C=O) groups excluding carboxylic acids is 1. The Labute approximate surface area is 158 Å². The smallest absolute Gasteiger partial charge is 0.406 e. The number of hydrogen-bond acceptors (Lipinski definition) is 5. The van der Waals surface area contributed by atoms with Crippen molar-refractivity contribution in [2.45, 2.75) is 19.3 Å². The van der Waals surface area contributed by atoms with Gasteiger partial charge in [0.15, 0.2) is 5.82 Å². The number of carbonyl (C=O) groups is 1. The van der Waals surface area contributed by atoms with Crippen LogP contribution < -0.4 is 10.1 Å². The van der Waals surface area contributed by atoms with Gasteiger partial charge in [0.25, 0.3) is 5.91 Å². The normalized spacial score (nSPS) is 12.5. The molecule has 7 nitrogen and oxygen atoms in total. The van der Waals surface area contributed by atoms with Gasteiger partial charge in [-0.05, 0) is 30.7 Å². The van der Waals surface area contributed by atoms with Crippen molar-refractivity contribution < 1.29 is 22.7 Å². The number of halogens is 3. The lowest BCUT2D eigenvalue weighted by Gasteiger charge is -2.16. The van der Waals surface area contributed by atoms with Gasteiger partial charge in [-0.1, -0.05) is 12.1 Å². The topological polar surface area (TPSA) is 81.9 Å². The molecular weight excluding hydrogens is 375 g/mol. The summed E-state index contributed by atoms with van der Waals surface area (Å²) >= 11 is 0. The van der Waals surface area contributed by atoms with Crippen molar-refractivity contribution in [1.82, 2.24) is 25.1 Å². The van der Waals surface area contributed by atoms with Crippen LogP contribution in [0, 0.1) is 0 Å². The maximum absolute atomic E-state index is 12.8. The van der Waals surface area contributed by atoms with Crippen molar-refractivity contribution in [3.05, 3.63) is 60.2 Å². The number of aryl methyl sites for hydroxylation is 1. The summed E-state index contributed by atoms with van der Waals surface area (Å²) in [5.41, 5.74) is 1.36. The van der Waals surface area contributed by atoms with Gasteiger partial charge in [-0.2, -0.15) is 5.10 Å². The Morgan fingerprint density at radius 2 is 1.82 bits per heavy atom. The summed E-state index contributed by atoms with van der Waals surface area (Å²) < 4.78 is 42.0. The van der Waals surface area contributed by atoms with Crippen LogP contribution in [0.4, 0.5) is 13.2 Å². The average Bonchev–Trinajstić information content (AvgIpc) is 3.03. The van der Waals surface area contributed by atoms with Gasteiger partial charge in [-0.3, -0.25) is 9.48 Å². The summed E-state index contributed by atoms with van der Waals surface area (Å²) in [5, 5.41) is 6.89. The average molecular weight is 391 g/mol. The molecule has 3 aromatic rings. The number of alkyl halides is 3. The van der Waals surface area contributed by atoms with E-state index in [2.05, 4.69) is 25.1 Å². The van der Waals surface area contributed by atoms with E-state index >= 15 is 0 Å². The zero-order chi connectivity index (χ0) is 20.3. The third-order valence-electron chi connectivity index (χ3n) is 3.92. The predicted molar refractivity (Wildman–Crippen MR) is 93.2 cm³/mol. The number of aromatic nitrogens is 4. The van der Waals surface area contributed by atoms with E-state index in [1.54, 1.807) is 32.4 Å². The van der Waals surface area contributed by atoms with Crippen LogP contribution in [0.1, 0.15) is 29.0 Å². The maximum atomic E-state index is 12.8. The highest BCUT2D eigenvalue weighted by atomic mass is 19.4. The van der Waals surface area contributed by atoms with Crippen molar-refractivity contribution in [3.8, 4) is 17.1 Å². The molecule has 1 aromatic carbocycles. The molecule has 1 atom stereocenters. The fraction of sp³-hybridized carbons (Fsp3) is 0.222. The van der Waals surface area contributed by atoms with Gasteiger partial charge < -0.3 is 10.1 Å². The monoisotopic (exact) mass is 391 g/mol. The lowest BCUT2D eigenvalue weighted by molar-refractivity contribution is -0.274. The van der Waals surface area contributed by atoms with Crippen LogP contribution in [0.5, 0.6) is 5.75 Å². The lowest BCUT2D eigenvalue weighted by atomic mass is 10.1. The van der Waals surface area contributed by atoms with Crippen LogP contribution >= 0.6 is 0 Å². The minimum Gasteiger partial charge on any atom is -0.406 e. The summed E-state index contributed by atoms with van der Waals surface area (Å²) in [4.78, 5) is 21.0. The van der Waals surface area contributed by atoms with Crippen LogP contribution in [-0.2, 0) is 7.05 Å². The second-order valence-electron chi connectivity index (χ2n) is 5.91. The predicted octanol–water partition coefficient (Wildman–Crippen LogP) is 3.27. The molecule has 0 aliphatic rings. The first-order valence-corrected chi connectivity index (χ1v) is 8.20. The summed E-state index contributed by atoms with van der Waals surface area (Å²) in [5.74, 6) is -0.377. The third kappa shape index (κ3) is 4.45. The quantitative estimate of drug-likeness (QED) is 0.722.